The van der Waals surface area contributed by atoms with Crippen LogP contribution < -0.4 is 15.6 Å². The van der Waals surface area contributed by atoms with Crippen LogP contribution in [0.3, 0.4) is 0 Å². The fourth-order valence-electron chi connectivity index (χ4n) is 2.51. The number of benzene rings is 2. The second-order valence-electron chi connectivity index (χ2n) is 5.83. The molecular weight excluding hydrogens is 330 g/mol. The Bertz CT molecular complexity index is 978. The van der Waals surface area contributed by atoms with Crippen LogP contribution in [0, 0.1) is 6.92 Å². The molecule has 1 N–H and O–H groups in total. The predicted molar refractivity (Wildman–Crippen MR) is 100 cm³/mol. The maximum absolute atomic E-state index is 12.3. The van der Waals surface area contributed by atoms with Crippen molar-refractivity contribution in [1.82, 2.24) is 9.78 Å². The van der Waals surface area contributed by atoms with Crippen molar-refractivity contribution in [1.29, 1.82) is 0 Å². The van der Waals surface area contributed by atoms with Gasteiger partial charge in [0.05, 0.1) is 18.5 Å². The van der Waals surface area contributed by atoms with Crippen LogP contribution in [-0.2, 0) is 11.3 Å². The van der Waals surface area contributed by atoms with Crippen molar-refractivity contribution in [3.8, 4) is 17.0 Å². The number of aromatic nitrogens is 2. The molecule has 0 radical (unpaired) electrons. The average molecular weight is 349 g/mol. The van der Waals surface area contributed by atoms with Gasteiger partial charge in [-0.15, -0.1) is 0 Å². The zero-order valence-electron chi connectivity index (χ0n) is 14.6. The topological polar surface area (TPSA) is 73.2 Å². The second kappa shape index (κ2) is 7.65. The Morgan fingerprint density at radius 3 is 2.54 bits per heavy atom. The Hall–Kier alpha value is -3.41. The number of amides is 1. The molecule has 0 aliphatic rings. The number of aryl methyl sites for hydroxylation is 1. The minimum atomic E-state index is -0.356. The summed E-state index contributed by atoms with van der Waals surface area (Å²) in [6.45, 7) is 1.82. The first-order valence-corrected chi connectivity index (χ1v) is 8.15. The summed E-state index contributed by atoms with van der Waals surface area (Å²) in [4.78, 5) is 24.4. The molecule has 0 atom stereocenters. The summed E-state index contributed by atoms with van der Waals surface area (Å²) in [7, 11) is 1.53. The Labute approximate surface area is 151 Å². The minimum absolute atomic E-state index is 0.184. The molecule has 3 aromatic rings. The highest BCUT2D eigenvalue weighted by atomic mass is 16.5. The van der Waals surface area contributed by atoms with E-state index in [1.165, 1.54) is 13.2 Å². The van der Waals surface area contributed by atoms with Crippen molar-refractivity contribution in [2.24, 2.45) is 0 Å². The van der Waals surface area contributed by atoms with Crippen LogP contribution in [0.5, 0.6) is 5.75 Å². The largest absolute Gasteiger partial charge is 0.495 e. The molecule has 6 nitrogen and oxygen atoms in total. The number of nitrogens with zero attached hydrogens (tertiary/aromatic N) is 2. The fraction of sp³-hybridized carbons (Fsp3) is 0.150. The molecule has 0 fully saturated rings. The summed E-state index contributed by atoms with van der Waals surface area (Å²) < 4.78 is 6.36. The Balaban J connectivity index is 1.81. The van der Waals surface area contributed by atoms with Crippen molar-refractivity contribution in [2.75, 3.05) is 12.4 Å². The molecule has 0 aliphatic heterocycles. The highest BCUT2D eigenvalue weighted by Gasteiger charge is 2.10. The maximum atomic E-state index is 12.3. The molecule has 0 saturated heterocycles. The first-order chi connectivity index (χ1) is 12.6. The number of hydrogen-bond acceptors (Lipinski definition) is 4. The van der Waals surface area contributed by atoms with Crippen LogP contribution in [-0.4, -0.2) is 22.8 Å². The van der Waals surface area contributed by atoms with Crippen molar-refractivity contribution in [3.63, 3.8) is 0 Å². The minimum Gasteiger partial charge on any atom is -0.495 e. The van der Waals surface area contributed by atoms with E-state index in [9.17, 15) is 9.59 Å². The molecule has 0 saturated carbocycles. The van der Waals surface area contributed by atoms with Crippen molar-refractivity contribution >= 4 is 11.6 Å². The zero-order chi connectivity index (χ0) is 18.5. The molecule has 1 aromatic heterocycles. The van der Waals surface area contributed by atoms with Gasteiger partial charge in [-0.05, 0) is 25.1 Å². The van der Waals surface area contributed by atoms with Crippen LogP contribution in [0.15, 0.2) is 65.5 Å². The lowest BCUT2D eigenvalue weighted by atomic mass is 10.1. The number of para-hydroxylation sites is 2. The third-order valence-corrected chi connectivity index (χ3v) is 3.89. The van der Waals surface area contributed by atoms with E-state index in [4.69, 9.17) is 4.74 Å². The lowest BCUT2D eigenvalue weighted by molar-refractivity contribution is -0.117. The molecule has 1 heterocycles. The number of anilines is 1. The van der Waals surface area contributed by atoms with Gasteiger partial charge in [0.25, 0.3) is 5.56 Å². The monoisotopic (exact) mass is 349 g/mol. The Morgan fingerprint density at radius 2 is 1.81 bits per heavy atom. The van der Waals surface area contributed by atoms with E-state index >= 15 is 0 Å². The van der Waals surface area contributed by atoms with Gasteiger partial charge in [0.15, 0.2) is 0 Å². The van der Waals surface area contributed by atoms with Crippen molar-refractivity contribution in [3.05, 3.63) is 76.6 Å². The third-order valence-electron chi connectivity index (χ3n) is 3.89. The fourth-order valence-corrected chi connectivity index (χ4v) is 2.51. The Morgan fingerprint density at radius 1 is 1.08 bits per heavy atom. The molecule has 2 aromatic carbocycles. The van der Waals surface area contributed by atoms with Crippen LogP contribution in [0.1, 0.15) is 5.56 Å². The SMILES string of the molecule is COc1ccccc1NC(=O)Cn1nc(-c2ccc(C)cc2)ccc1=O. The lowest BCUT2D eigenvalue weighted by Gasteiger charge is -2.11. The highest BCUT2D eigenvalue weighted by Crippen LogP contribution is 2.23. The summed E-state index contributed by atoms with van der Waals surface area (Å²) in [5.74, 6) is 0.194. The molecule has 26 heavy (non-hydrogen) atoms. The van der Waals surface area contributed by atoms with E-state index in [0.717, 1.165) is 15.8 Å². The number of methoxy groups -OCH3 is 1. The van der Waals surface area contributed by atoms with Gasteiger partial charge < -0.3 is 10.1 Å². The molecule has 1 amide bonds. The quantitative estimate of drug-likeness (QED) is 0.769. The van der Waals surface area contributed by atoms with Crippen LogP contribution in [0.2, 0.25) is 0 Å². The van der Waals surface area contributed by atoms with Gasteiger partial charge in [-0.2, -0.15) is 5.10 Å². The summed E-state index contributed by atoms with van der Waals surface area (Å²) in [6.07, 6.45) is 0. The molecule has 0 bridgehead atoms. The second-order valence-corrected chi connectivity index (χ2v) is 5.83. The van der Waals surface area contributed by atoms with E-state index in [0.29, 0.717) is 17.1 Å². The summed E-state index contributed by atoms with van der Waals surface area (Å²) in [5.41, 5.74) is 2.86. The van der Waals surface area contributed by atoms with Crippen molar-refractivity contribution < 1.29 is 9.53 Å². The Kier molecular flexibility index (Phi) is 5.12. The summed E-state index contributed by atoms with van der Waals surface area (Å²) in [6, 6.07) is 18.0. The molecular formula is C20H19N3O3. The van der Waals surface area contributed by atoms with Gasteiger partial charge in [-0.1, -0.05) is 42.0 Å². The van der Waals surface area contributed by atoms with Crippen LogP contribution in [0.4, 0.5) is 5.69 Å². The van der Waals surface area contributed by atoms with E-state index in [1.54, 1.807) is 24.3 Å². The van der Waals surface area contributed by atoms with E-state index < -0.39 is 0 Å². The maximum Gasteiger partial charge on any atom is 0.267 e. The predicted octanol–water partition coefficient (Wildman–Crippen LogP) is 2.87. The van der Waals surface area contributed by atoms with Crippen LogP contribution in [0.25, 0.3) is 11.3 Å². The molecule has 0 unspecified atom stereocenters. The highest BCUT2D eigenvalue weighted by molar-refractivity contribution is 5.92. The first-order valence-electron chi connectivity index (χ1n) is 8.15. The van der Waals surface area contributed by atoms with E-state index in [2.05, 4.69) is 10.4 Å². The molecule has 0 aliphatic carbocycles. The molecule has 6 heteroatoms. The first kappa shape index (κ1) is 17.4. The number of rotatable bonds is 5. The number of carbonyl (C=O) groups is 1. The summed E-state index contributed by atoms with van der Waals surface area (Å²) in [5, 5.41) is 7.05. The average Bonchev–Trinajstić information content (AvgIpc) is 2.64. The third kappa shape index (κ3) is 3.97. The molecule has 3 rings (SSSR count). The number of nitrogens with one attached hydrogen (secondary N) is 1. The zero-order valence-corrected chi connectivity index (χ0v) is 14.6. The van der Waals surface area contributed by atoms with Gasteiger partial charge in [0.1, 0.15) is 12.3 Å². The van der Waals surface area contributed by atoms with Crippen molar-refractivity contribution in [2.45, 2.75) is 13.5 Å². The van der Waals surface area contributed by atoms with Gasteiger partial charge in [0.2, 0.25) is 5.91 Å². The van der Waals surface area contributed by atoms with Gasteiger partial charge in [-0.3, -0.25) is 9.59 Å². The number of hydrogen-bond donors (Lipinski definition) is 1. The van der Waals surface area contributed by atoms with Crippen LogP contribution >= 0.6 is 0 Å². The molecule has 0 spiro atoms. The van der Waals surface area contributed by atoms with Gasteiger partial charge in [0, 0.05) is 11.6 Å². The normalized spacial score (nSPS) is 10.4. The lowest BCUT2D eigenvalue weighted by Crippen LogP contribution is -2.29. The molecule has 132 valence electrons. The number of ether oxygens (including phenoxy) is 1. The standard InChI is InChI=1S/C20H19N3O3/c1-14-7-9-15(10-8-14)16-11-12-20(25)23(22-16)13-19(24)21-17-5-3-4-6-18(17)26-2/h3-12H,13H2,1-2H3,(H,21,24). The van der Waals surface area contributed by atoms with Gasteiger partial charge in [-0.25, -0.2) is 4.68 Å². The smallest absolute Gasteiger partial charge is 0.267 e. The van der Waals surface area contributed by atoms with E-state index in [1.807, 2.05) is 37.3 Å². The van der Waals surface area contributed by atoms with E-state index in [-0.39, 0.29) is 18.0 Å². The van der Waals surface area contributed by atoms with Gasteiger partial charge >= 0.3 is 0 Å². The summed E-state index contributed by atoms with van der Waals surface area (Å²) >= 11 is 0. The number of carbonyl (C=O) groups excluding carboxylic acids is 1.